The van der Waals surface area contributed by atoms with Gasteiger partial charge in [-0.15, -0.1) is 0 Å². The molecule has 3 aliphatic rings. The van der Waals surface area contributed by atoms with Crippen LogP contribution >= 0.6 is 0 Å². The smallest absolute Gasteiger partial charge is 0.0597 e. The molecular formula is C16H28O. The van der Waals surface area contributed by atoms with Crippen molar-refractivity contribution in [3.63, 3.8) is 0 Å². The first-order valence-electron chi connectivity index (χ1n) is 7.12. The fourth-order valence-electron chi connectivity index (χ4n) is 3.61. The molecule has 4 atom stereocenters. The van der Waals surface area contributed by atoms with Gasteiger partial charge >= 0.3 is 0 Å². The highest BCUT2D eigenvalue weighted by molar-refractivity contribution is 5.10. The highest BCUT2D eigenvalue weighted by Crippen LogP contribution is 2.61. The molecule has 0 spiro atoms. The van der Waals surface area contributed by atoms with Crippen LogP contribution in [-0.2, 0) is 0 Å². The molecule has 1 nitrogen and oxygen atoms in total. The fourth-order valence-corrected chi connectivity index (χ4v) is 3.61. The maximum atomic E-state index is 9.74. The molecule has 3 rings (SSSR count). The topological polar surface area (TPSA) is 20.2 Å². The van der Waals surface area contributed by atoms with Crippen molar-refractivity contribution >= 4 is 0 Å². The Morgan fingerprint density at radius 1 is 1.29 bits per heavy atom. The number of fused-ring (bicyclic) bond motifs is 2. The van der Waals surface area contributed by atoms with Gasteiger partial charge in [-0.1, -0.05) is 39.8 Å². The van der Waals surface area contributed by atoms with Crippen molar-refractivity contribution in [1.82, 2.24) is 0 Å². The molecule has 0 saturated heterocycles. The van der Waals surface area contributed by atoms with Crippen LogP contribution in [0.15, 0.2) is 12.2 Å². The number of rotatable bonds is 3. The number of aliphatic hydroxyl groups excluding tert-OH is 1. The van der Waals surface area contributed by atoms with Gasteiger partial charge in [0.1, 0.15) is 0 Å². The van der Waals surface area contributed by atoms with E-state index in [0.717, 1.165) is 17.8 Å². The third-order valence-corrected chi connectivity index (χ3v) is 5.76. The Balaban J connectivity index is 2.03. The fraction of sp³-hybridized carbons (Fsp3) is 0.875. The third kappa shape index (κ3) is 2.19. The lowest BCUT2D eigenvalue weighted by atomic mass is 9.45. The summed E-state index contributed by atoms with van der Waals surface area (Å²) >= 11 is 0. The summed E-state index contributed by atoms with van der Waals surface area (Å²) in [5.74, 6) is 2.59. The summed E-state index contributed by atoms with van der Waals surface area (Å²) in [4.78, 5) is 0. The van der Waals surface area contributed by atoms with Crippen LogP contribution in [0.3, 0.4) is 0 Å². The zero-order valence-electron chi connectivity index (χ0n) is 12.0. The first-order chi connectivity index (χ1) is 7.75. The van der Waals surface area contributed by atoms with Crippen molar-refractivity contribution < 1.29 is 5.11 Å². The predicted molar refractivity (Wildman–Crippen MR) is 72.7 cm³/mol. The lowest BCUT2D eigenvalue weighted by molar-refractivity contribution is -0.0906. The molecule has 0 aromatic rings. The maximum absolute atomic E-state index is 9.74. The maximum Gasteiger partial charge on any atom is 0.0597 e. The second-order valence-corrected chi connectivity index (χ2v) is 7.46. The van der Waals surface area contributed by atoms with E-state index in [2.05, 4.69) is 39.8 Å². The van der Waals surface area contributed by atoms with Crippen LogP contribution < -0.4 is 0 Å². The van der Waals surface area contributed by atoms with Crippen LogP contribution in [0.4, 0.5) is 0 Å². The summed E-state index contributed by atoms with van der Waals surface area (Å²) in [7, 11) is 0. The molecule has 0 heterocycles. The summed E-state index contributed by atoms with van der Waals surface area (Å²) in [5.41, 5.74) is 0.465. The van der Waals surface area contributed by atoms with Crippen LogP contribution in [0.1, 0.15) is 53.9 Å². The van der Waals surface area contributed by atoms with Crippen molar-refractivity contribution in [2.45, 2.75) is 60.0 Å². The monoisotopic (exact) mass is 236 g/mol. The molecule has 0 aliphatic heterocycles. The highest BCUT2D eigenvalue weighted by atomic mass is 16.3. The molecule has 1 heteroatoms. The summed E-state index contributed by atoms with van der Waals surface area (Å²) in [6.45, 7) is 11.0. The molecule has 3 saturated carbocycles. The van der Waals surface area contributed by atoms with E-state index in [9.17, 15) is 5.11 Å². The van der Waals surface area contributed by atoms with Crippen LogP contribution in [0.5, 0.6) is 0 Å². The molecule has 3 fully saturated rings. The van der Waals surface area contributed by atoms with E-state index in [1.165, 1.54) is 19.3 Å². The van der Waals surface area contributed by atoms with Crippen molar-refractivity contribution in [2.24, 2.45) is 28.6 Å². The molecule has 1 unspecified atom stereocenters. The summed E-state index contributed by atoms with van der Waals surface area (Å²) in [6.07, 6.45) is 8.55. The molecular weight excluding hydrogens is 208 g/mol. The second-order valence-electron chi connectivity index (χ2n) is 7.46. The molecule has 2 bridgehead atoms. The van der Waals surface area contributed by atoms with Gasteiger partial charge in [0, 0.05) is 5.41 Å². The summed E-state index contributed by atoms with van der Waals surface area (Å²) in [6, 6.07) is 0. The van der Waals surface area contributed by atoms with Gasteiger partial charge < -0.3 is 5.11 Å². The molecule has 0 radical (unpaired) electrons. The van der Waals surface area contributed by atoms with Gasteiger partial charge in [-0.2, -0.15) is 0 Å². The Morgan fingerprint density at radius 2 is 1.94 bits per heavy atom. The van der Waals surface area contributed by atoms with E-state index in [4.69, 9.17) is 0 Å². The Hall–Kier alpha value is -0.300. The van der Waals surface area contributed by atoms with E-state index < -0.39 is 0 Å². The first kappa shape index (κ1) is 13.1. The zero-order valence-corrected chi connectivity index (χ0v) is 12.0. The Bertz CT molecular complexity index is 309. The van der Waals surface area contributed by atoms with Gasteiger partial charge in [0.15, 0.2) is 0 Å². The number of aliphatic hydroxyl groups is 1. The van der Waals surface area contributed by atoms with Crippen LogP contribution in [0.25, 0.3) is 0 Å². The summed E-state index contributed by atoms with van der Waals surface area (Å²) < 4.78 is 0. The van der Waals surface area contributed by atoms with Crippen LogP contribution in [0, 0.1) is 28.6 Å². The molecule has 0 amide bonds. The van der Waals surface area contributed by atoms with Gasteiger partial charge in [-0.05, 0) is 49.4 Å². The average Bonchev–Trinajstić information content (AvgIpc) is 2.26. The van der Waals surface area contributed by atoms with E-state index in [0.29, 0.717) is 5.41 Å². The number of hydrogen-bond donors (Lipinski definition) is 1. The van der Waals surface area contributed by atoms with Crippen molar-refractivity contribution in [2.75, 3.05) is 0 Å². The number of hydrogen-bond acceptors (Lipinski definition) is 1. The standard InChI is InChI=1S/C16H28O/c1-11(17)15(2,3)9-8-12-6-7-13-10-14(12)16(13,4)5/h8-9,11-14,17H,6-7,10H2,1-5H3/b9-8+/t11?,12-,13-,14-/m0/s1. The van der Waals surface area contributed by atoms with Crippen LogP contribution in [0.2, 0.25) is 0 Å². The van der Waals surface area contributed by atoms with Gasteiger partial charge in [-0.25, -0.2) is 0 Å². The van der Waals surface area contributed by atoms with Gasteiger partial charge in [0.2, 0.25) is 0 Å². The lowest BCUT2D eigenvalue weighted by Gasteiger charge is -2.59. The van der Waals surface area contributed by atoms with Crippen molar-refractivity contribution in [3.8, 4) is 0 Å². The van der Waals surface area contributed by atoms with Gasteiger partial charge in [0.05, 0.1) is 6.10 Å². The summed E-state index contributed by atoms with van der Waals surface area (Å²) in [5, 5.41) is 9.74. The van der Waals surface area contributed by atoms with E-state index in [-0.39, 0.29) is 11.5 Å². The molecule has 3 aliphatic carbocycles. The molecule has 1 N–H and O–H groups in total. The predicted octanol–water partition coefficient (Wildman–Crippen LogP) is 4.02. The second kappa shape index (κ2) is 4.12. The Morgan fingerprint density at radius 3 is 2.41 bits per heavy atom. The van der Waals surface area contributed by atoms with E-state index >= 15 is 0 Å². The molecule has 0 aromatic carbocycles. The van der Waals surface area contributed by atoms with Gasteiger partial charge in [0.25, 0.3) is 0 Å². The van der Waals surface area contributed by atoms with Gasteiger partial charge in [-0.3, -0.25) is 0 Å². The number of allylic oxidation sites excluding steroid dienone is 1. The first-order valence-corrected chi connectivity index (χ1v) is 7.12. The van der Waals surface area contributed by atoms with Crippen molar-refractivity contribution in [3.05, 3.63) is 12.2 Å². The lowest BCUT2D eigenvalue weighted by Crippen LogP contribution is -2.51. The van der Waals surface area contributed by atoms with E-state index in [1.54, 1.807) is 0 Å². The largest absolute Gasteiger partial charge is 0.393 e. The molecule has 17 heavy (non-hydrogen) atoms. The molecule has 98 valence electrons. The van der Waals surface area contributed by atoms with E-state index in [1.807, 2.05) is 6.92 Å². The molecule has 0 aromatic heterocycles. The normalized spacial score (nSPS) is 37.9. The average molecular weight is 236 g/mol. The quantitative estimate of drug-likeness (QED) is 0.734. The third-order valence-electron chi connectivity index (χ3n) is 5.76. The minimum atomic E-state index is -0.274. The zero-order chi connectivity index (χ0) is 12.8. The Labute approximate surface area is 106 Å². The minimum absolute atomic E-state index is 0.0925. The van der Waals surface area contributed by atoms with Crippen molar-refractivity contribution in [1.29, 1.82) is 0 Å². The SMILES string of the molecule is CC(O)C(C)(C)/C=C/[C@@H]1CC[C@H]2C[C@@H]1C2(C)C. The Kier molecular flexibility index (Phi) is 3.18. The van der Waals surface area contributed by atoms with Crippen LogP contribution in [-0.4, -0.2) is 11.2 Å². The highest BCUT2D eigenvalue weighted by Gasteiger charge is 2.53. The minimum Gasteiger partial charge on any atom is -0.393 e.